The summed E-state index contributed by atoms with van der Waals surface area (Å²) in [6.45, 7) is 2.31. The third kappa shape index (κ3) is 3.44. The van der Waals surface area contributed by atoms with Gasteiger partial charge in [0.15, 0.2) is 5.75 Å². The third-order valence-corrected chi connectivity index (χ3v) is 7.32. The number of pyridine rings is 1. The molecule has 0 saturated carbocycles. The summed E-state index contributed by atoms with van der Waals surface area (Å²) in [5, 5.41) is 0. The quantitative estimate of drug-likeness (QED) is 0.682. The van der Waals surface area contributed by atoms with Crippen molar-refractivity contribution < 1.29 is 22.7 Å². The van der Waals surface area contributed by atoms with Crippen molar-refractivity contribution in [2.24, 2.45) is 0 Å². The number of amides is 1. The molecule has 0 radical (unpaired) electrons. The SMILES string of the molecule is O=C(Cc1ccccc1)N1CC2=C(C1)CN(S(=O)(=O)c1cnc3c(c1)OCCO3)C2. The van der Waals surface area contributed by atoms with Gasteiger partial charge in [-0.1, -0.05) is 30.3 Å². The lowest BCUT2D eigenvalue weighted by Gasteiger charge is -2.23. The summed E-state index contributed by atoms with van der Waals surface area (Å²) in [6, 6.07) is 11.1. The maximum atomic E-state index is 13.1. The highest BCUT2D eigenvalue weighted by atomic mass is 32.2. The number of fused-ring (bicyclic) bond motifs is 1. The molecule has 5 rings (SSSR count). The average molecular weight is 427 g/mol. The summed E-state index contributed by atoms with van der Waals surface area (Å²) in [5.74, 6) is 0.718. The van der Waals surface area contributed by atoms with Gasteiger partial charge in [-0.25, -0.2) is 13.4 Å². The summed E-state index contributed by atoms with van der Waals surface area (Å²) in [4.78, 5) is 18.6. The molecular formula is C21H21N3O5S. The van der Waals surface area contributed by atoms with Crippen LogP contribution in [0.3, 0.4) is 0 Å². The van der Waals surface area contributed by atoms with Gasteiger partial charge in [-0.2, -0.15) is 4.31 Å². The fourth-order valence-corrected chi connectivity index (χ4v) is 5.37. The molecule has 30 heavy (non-hydrogen) atoms. The van der Waals surface area contributed by atoms with Gasteiger partial charge in [0.05, 0.1) is 12.6 Å². The van der Waals surface area contributed by atoms with Crippen molar-refractivity contribution in [1.82, 2.24) is 14.2 Å². The Hall–Kier alpha value is -2.91. The molecule has 2 aromatic rings. The minimum atomic E-state index is -3.71. The molecule has 0 aliphatic carbocycles. The maximum absolute atomic E-state index is 13.1. The number of hydrogen-bond donors (Lipinski definition) is 0. The highest BCUT2D eigenvalue weighted by Gasteiger charge is 2.38. The minimum Gasteiger partial charge on any atom is -0.484 e. The molecule has 0 unspecified atom stereocenters. The van der Waals surface area contributed by atoms with Gasteiger partial charge in [-0.15, -0.1) is 0 Å². The molecule has 0 atom stereocenters. The van der Waals surface area contributed by atoms with Gasteiger partial charge in [0.2, 0.25) is 15.9 Å². The van der Waals surface area contributed by atoms with Gasteiger partial charge in [-0.05, 0) is 16.7 Å². The van der Waals surface area contributed by atoms with Crippen LogP contribution in [0.4, 0.5) is 0 Å². The monoisotopic (exact) mass is 427 g/mol. The van der Waals surface area contributed by atoms with Crippen LogP contribution in [0.5, 0.6) is 11.6 Å². The highest BCUT2D eigenvalue weighted by Crippen LogP contribution is 2.34. The first-order valence-electron chi connectivity index (χ1n) is 9.78. The van der Waals surface area contributed by atoms with Crippen LogP contribution in [-0.4, -0.2) is 67.9 Å². The predicted octanol–water partition coefficient (Wildman–Crippen LogP) is 1.24. The van der Waals surface area contributed by atoms with E-state index in [0.29, 0.717) is 57.4 Å². The molecule has 0 bridgehead atoms. The topological polar surface area (TPSA) is 89.0 Å². The number of carbonyl (C=O) groups is 1. The molecule has 0 spiro atoms. The number of aromatic nitrogens is 1. The second-order valence-corrected chi connectivity index (χ2v) is 9.50. The number of sulfonamides is 1. The third-order valence-electron chi connectivity index (χ3n) is 5.56. The van der Waals surface area contributed by atoms with E-state index in [0.717, 1.165) is 16.7 Å². The second kappa shape index (κ2) is 7.41. The van der Waals surface area contributed by atoms with Gasteiger partial charge < -0.3 is 14.4 Å². The molecule has 3 aliphatic rings. The molecule has 0 fully saturated rings. The first kappa shape index (κ1) is 19.1. The van der Waals surface area contributed by atoms with Crippen LogP contribution in [0.15, 0.2) is 58.6 Å². The van der Waals surface area contributed by atoms with Gasteiger partial charge in [0, 0.05) is 32.2 Å². The molecule has 1 amide bonds. The average Bonchev–Trinajstić information content (AvgIpc) is 3.34. The lowest BCUT2D eigenvalue weighted by atomic mass is 10.1. The normalized spacial score (nSPS) is 18.6. The van der Waals surface area contributed by atoms with E-state index in [-0.39, 0.29) is 10.8 Å². The van der Waals surface area contributed by atoms with E-state index < -0.39 is 10.0 Å². The van der Waals surface area contributed by atoms with Crippen LogP contribution >= 0.6 is 0 Å². The molecule has 9 heteroatoms. The van der Waals surface area contributed by atoms with Crippen molar-refractivity contribution >= 4 is 15.9 Å². The first-order chi connectivity index (χ1) is 14.5. The minimum absolute atomic E-state index is 0.0565. The molecule has 0 N–H and O–H groups in total. The van der Waals surface area contributed by atoms with Crippen molar-refractivity contribution in [3.8, 4) is 11.6 Å². The van der Waals surface area contributed by atoms with Crippen molar-refractivity contribution in [2.75, 3.05) is 39.4 Å². The smallest absolute Gasteiger partial charge is 0.257 e. The van der Waals surface area contributed by atoms with Crippen molar-refractivity contribution in [3.05, 3.63) is 59.3 Å². The Kier molecular flexibility index (Phi) is 4.71. The fourth-order valence-electron chi connectivity index (χ4n) is 3.98. The Morgan fingerprint density at radius 3 is 2.43 bits per heavy atom. The maximum Gasteiger partial charge on any atom is 0.257 e. The van der Waals surface area contributed by atoms with Crippen molar-refractivity contribution in [2.45, 2.75) is 11.3 Å². The molecule has 0 saturated heterocycles. The Morgan fingerprint density at radius 2 is 1.70 bits per heavy atom. The van der Waals surface area contributed by atoms with E-state index in [4.69, 9.17) is 9.47 Å². The second-order valence-electron chi connectivity index (χ2n) is 7.56. The Morgan fingerprint density at radius 1 is 1.00 bits per heavy atom. The number of hydrogen-bond acceptors (Lipinski definition) is 6. The summed E-state index contributed by atoms with van der Waals surface area (Å²) in [5.41, 5.74) is 2.99. The molecule has 1 aromatic carbocycles. The van der Waals surface area contributed by atoms with Crippen LogP contribution < -0.4 is 9.47 Å². The van der Waals surface area contributed by atoms with Crippen molar-refractivity contribution in [3.63, 3.8) is 0 Å². The van der Waals surface area contributed by atoms with E-state index in [1.165, 1.54) is 16.6 Å². The molecule has 4 heterocycles. The van der Waals surface area contributed by atoms with Gasteiger partial charge in [-0.3, -0.25) is 4.79 Å². The Labute approximate surface area is 174 Å². The lowest BCUT2D eigenvalue weighted by Crippen LogP contribution is -2.37. The Bertz CT molecular complexity index is 1110. The van der Waals surface area contributed by atoms with Crippen LogP contribution in [0.1, 0.15) is 5.56 Å². The number of rotatable bonds is 4. The predicted molar refractivity (Wildman–Crippen MR) is 108 cm³/mol. The van der Waals surface area contributed by atoms with Gasteiger partial charge in [0.1, 0.15) is 18.1 Å². The van der Waals surface area contributed by atoms with Crippen LogP contribution in [-0.2, 0) is 21.2 Å². The van der Waals surface area contributed by atoms with E-state index in [1.54, 1.807) is 4.90 Å². The fraction of sp³-hybridized carbons (Fsp3) is 0.333. The number of ether oxygens (including phenoxy) is 2. The summed E-state index contributed by atoms with van der Waals surface area (Å²) >= 11 is 0. The van der Waals surface area contributed by atoms with E-state index >= 15 is 0 Å². The molecule has 8 nitrogen and oxygen atoms in total. The van der Waals surface area contributed by atoms with E-state index in [1.807, 2.05) is 30.3 Å². The van der Waals surface area contributed by atoms with Crippen LogP contribution in [0.2, 0.25) is 0 Å². The highest BCUT2D eigenvalue weighted by molar-refractivity contribution is 7.89. The zero-order valence-electron chi connectivity index (χ0n) is 16.3. The number of carbonyl (C=O) groups excluding carboxylic acids is 1. The lowest BCUT2D eigenvalue weighted by molar-refractivity contribution is -0.129. The zero-order chi connectivity index (χ0) is 20.7. The van der Waals surface area contributed by atoms with Gasteiger partial charge >= 0.3 is 0 Å². The summed E-state index contributed by atoms with van der Waals surface area (Å²) < 4.78 is 38.4. The summed E-state index contributed by atoms with van der Waals surface area (Å²) in [7, 11) is -3.71. The molecule has 156 valence electrons. The van der Waals surface area contributed by atoms with Crippen molar-refractivity contribution in [1.29, 1.82) is 0 Å². The van der Waals surface area contributed by atoms with E-state index in [9.17, 15) is 13.2 Å². The molecule has 1 aromatic heterocycles. The number of nitrogens with zero attached hydrogens (tertiary/aromatic N) is 3. The Balaban J connectivity index is 1.25. The largest absolute Gasteiger partial charge is 0.484 e. The standard InChI is InChI=1S/C21H21N3O5S/c25-20(8-15-4-2-1-3-5-15)23-11-16-13-24(14-17(16)12-23)30(26,27)18-9-19-21(22-10-18)29-7-6-28-19/h1-5,9-10H,6-8,11-14H2. The summed E-state index contributed by atoms with van der Waals surface area (Å²) in [6.07, 6.45) is 1.66. The molecule has 3 aliphatic heterocycles. The van der Waals surface area contributed by atoms with Crippen LogP contribution in [0, 0.1) is 0 Å². The zero-order valence-corrected chi connectivity index (χ0v) is 17.1. The van der Waals surface area contributed by atoms with Crippen LogP contribution in [0.25, 0.3) is 0 Å². The first-order valence-corrected chi connectivity index (χ1v) is 11.2. The molecular weight excluding hydrogens is 406 g/mol. The number of benzene rings is 1. The van der Waals surface area contributed by atoms with Gasteiger partial charge in [0.25, 0.3) is 5.88 Å². The van der Waals surface area contributed by atoms with E-state index in [2.05, 4.69) is 4.98 Å².